The van der Waals surface area contributed by atoms with E-state index < -0.39 is 0 Å². The van der Waals surface area contributed by atoms with Gasteiger partial charge in [-0.05, 0) is 25.8 Å². The third-order valence-electron chi connectivity index (χ3n) is 3.77. The van der Waals surface area contributed by atoms with Crippen LogP contribution in [0.5, 0.6) is 0 Å². The number of hydrogen-bond acceptors (Lipinski definition) is 2. The number of hydrogen-bond donors (Lipinski definition) is 2. The van der Waals surface area contributed by atoms with Crippen LogP contribution in [0.15, 0.2) is 36.4 Å². The summed E-state index contributed by atoms with van der Waals surface area (Å²) < 4.78 is 0. The van der Waals surface area contributed by atoms with Gasteiger partial charge in [0.2, 0.25) is 0 Å². The Hall–Kier alpha value is -1.61. The van der Waals surface area contributed by atoms with Crippen molar-refractivity contribution in [2.45, 2.75) is 31.3 Å². The van der Waals surface area contributed by atoms with E-state index >= 15 is 0 Å². The van der Waals surface area contributed by atoms with Crippen molar-refractivity contribution in [2.24, 2.45) is 0 Å². The molecule has 1 heterocycles. The van der Waals surface area contributed by atoms with Gasteiger partial charge in [-0.2, -0.15) is 5.10 Å². The van der Waals surface area contributed by atoms with Gasteiger partial charge in [0.1, 0.15) is 0 Å². The van der Waals surface area contributed by atoms with E-state index in [9.17, 15) is 5.11 Å². The summed E-state index contributed by atoms with van der Waals surface area (Å²) >= 11 is 0. The Bertz CT molecular complexity index is 512. The number of benzene rings is 1. The second-order valence-corrected chi connectivity index (χ2v) is 4.86. The summed E-state index contributed by atoms with van der Waals surface area (Å²) in [4.78, 5) is 0. The molecule has 1 unspecified atom stereocenters. The molecule has 1 atom stereocenters. The van der Waals surface area contributed by atoms with Crippen LogP contribution in [0.1, 0.15) is 25.5 Å². The second kappa shape index (κ2) is 3.70. The molecule has 1 aromatic heterocycles. The Balaban J connectivity index is 1.94. The van der Waals surface area contributed by atoms with Gasteiger partial charge in [-0.1, -0.05) is 30.3 Å². The van der Waals surface area contributed by atoms with E-state index in [2.05, 4.69) is 16.3 Å². The first-order valence-corrected chi connectivity index (χ1v) is 6.02. The van der Waals surface area contributed by atoms with Crippen LogP contribution in [0.25, 0.3) is 11.3 Å². The van der Waals surface area contributed by atoms with Crippen LogP contribution in [0.3, 0.4) is 0 Å². The van der Waals surface area contributed by atoms with Crippen molar-refractivity contribution in [2.75, 3.05) is 0 Å². The summed E-state index contributed by atoms with van der Waals surface area (Å²) in [6.45, 7) is 1.86. The molecule has 2 N–H and O–H groups in total. The second-order valence-electron chi connectivity index (χ2n) is 4.86. The molecule has 1 saturated carbocycles. The predicted octanol–water partition coefficient (Wildman–Crippen LogP) is 2.49. The minimum atomic E-state index is -0.313. The summed E-state index contributed by atoms with van der Waals surface area (Å²) in [5.74, 6) is 0. The normalized spacial score (nSPS) is 18.9. The van der Waals surface area contributed by atoms with Crippen molar-refractivity contribution >= 4 is 0 Å². The number of aromatic nitrogens is 2. The van der Waals surface area contributed by atoms with E-state index in [-0.39, 0.29) is 11.5 Å². The molecule has 3 heteroatoms. The van der Waals surface area contributed by atoms with E-state index in [0.717, 1.165) is 29.8 Å². The quantitative estimate of drug-likeness (QED) is 0.848. The lowest BCUT2D eigenvalue weighted by Gasteiger charge is -2.15. The highest BCUT2D eigenvalue weighted by atomic mass is 16.3. The summed E-state index contributed by atoms with van der Waals surface area (Å²) in [5, 5.41) is 17.2. The van der Waals surface area contributed by atoms with Gasteiger partial charge in [0.05, 0.1) is 11.8 Å². The van der Waals surface area contributed by atoms with E-state index in [1.165, 1.54) is 0 Å². The Morgan fingerprint density at radius 2 is 2.00 bits per heavy atom. The van der Waals surface area contributed by atoms with Crippen LogP contribution < -0.4 is 0 Å². The van der Waals surface area contributed by atoms with Gasteiger partial charge in [0, 0.05) is 16.7 Å². The number of H-pyrrole nitrogens is 1. The lowest BCUT2D eigenvalue weighted by molar-refractivity contribution is 0.148. The van der Waals surface area contributed by atoms with Crippen molar-refractivity contribution in [3.8, 4) is 11.3 Å². The molecule has 0 radical (unpaired) electrons. The summed E-state index contributed by atoms with van der Waals surface area (Å²) in [6.07, 6.45) is 1.77. The molecular weight excluding hydrogens is 212 g/mol. The topological polar surface area (TPSA) is 48.9 Å². The minimum Gasteiger partial charge on any atom is -0.392 e. The number of aromatic amines is 1. The van der Waals surface area contributed by atoms with E-state index in [0.29, 0.717) is 0 Å². The van der Waals surface area contributed by atoms with Gasteiger partial charge in [-0.25, -0.2) is 0 Å². The monoisotopic (exact) mass is 228 g/mol. The molecule has 3 rings (SSSR count). The molecule has 0 saturated heterocycles. The van der Waals surface area contributed by atoms with Crippen molar-refractivity contribution in [3.63, 3.8) is 0 Å². The van der Waals surface area contributed by atoms with E-state index in [1.54, 1.807) is 0 Å². The van der Waals surface area contributed by atoms with Gasteiger partial charge in [-0.15, -0.1) is 0 Å². The first kappa shape index (κ1) is 10.5. The molecule has 17 heavy (non-hydrogen) atoms. The maximum Gasteiger partial charge on any atom is 0.0923 e. The summed E-state index contributed by atoms with van der Waals surface area (Å²) in [7, 11) is 0. The number of aliphatic hydroxyl groups is 1. The van der Waals surface area contributed by atoms with Crippen LogP contribution in [-0.2, 0) is 5.41 Å². The highest BCUT2D eigenvalue weighted by molar-refractivity contribution is 5.59. The van der Waals surface area contributed by atoms with Gasteiger partial charge in [-0.3, -0.25) is 5.10 Å². The molecule has 2 aromatic rings. The van der Waals surface area contributed by atoms with Gasteiger partial charge < -0.3 is 5.11 Å². The zero-order valence-electron chi connectivity index (χ0n) is 9.85. The fourth-order valence-electron chi connectivity index (χ4n) is 2.38. The molecule has 88 valence electrons. The molecule has 1 fully saturated rings. The number of nitrogens with one attached hydrogen (secondary N) is 1. The zero-order chi connectivity index (χ0) is 11.9. The molecule has 0 aliphatic heterocycles. The lowest BCUT2D eigenvalue weighted by Crippen LogP contribution is -2.22. The first-order valence-electron chi connectivity index (χ1n) is 6.02. The Kier molecular flexibility index (Phi) is 2.30. The number of nitrogens with zero attached hydrogens (tertiary/aromatic N) is 1. The van der Waals surface area contributed by atoms with Crippen LogP contribution in [0.4, 0.5) is 0 Å². The molecule has 1 aromatic carbocycles. The van der Waals surface area contributed by atoms with Crippen LogP contribution in [0.2, 0.25) is 0 Å². The molecule has 1 aliphatic carbocycles. The Morgan fingerprint density at radius 3 is 2.59 bits per heavy atom. The SMILES string of the molecule is CC(O)C1(c2cc(-c3ccccc3)n[nH]2)CC1. The minimum absolute atomic E-state index is 0.0694. The van der Waals surface area contributed by atoms with Gasteiger partial charge in [0.25, 0.3) is 0 Å². The largest absolute Gasteiger partial charge is 0.392 e. The van der Waals surface area contributed by atoms with E-state index in [1.807, 2.05) is 37.3 Å². The summed E-state index contributed by atoms with van der Waals surface area (Å²) in [5.41, 5.74) is 3.05. The van der Waals surface area contributed by atoms with Crippen molar-refractivity contribution in [1.82, 2.24) is 10.2 Å². The van der Waals surface area contributed by atoms with Crippen LogP contribution >= 0.6 is 0 Å². The molecular formula is C14H16N2O. The molecule has 0 bridgehead atoms. The fraction of sp³-hybridized carbons (Fsp3) is 0.357. The van der Waals surface area contributed by atoms with Crippen molar-refractivity contribution < 1.29 is 5.11 Å². The van der Waals surface area contributed by atoms with Crippen molar-refractivity contribution in [1.29, 1.82) is 0 Å². The molecule has 0 spiro atoms. The number of aliphatic hydroxyl groups excluding tert-OH is 1. The van der Waals surface area contributed by atoms with Gasteiger partial charge in [0.15, 0.2) is 0 Å². The highest BCUT2D eigenvalue weighted by Gasteiger charge is 2.49. The van der Waals surface area contributed by atoms with E-state index in [4.69, 9.17) is 0 Å². The molecule has 3 nitrogen and oxygen atoms in total. The standard InChI is InChI=1S/C14H16N2O/c1-10(17)14(7-8-14)13-9-12(15-16-13)11-5-3-2-4-6-11/h2-6,9-10,17H,7-8H2,1H3,(H,15,16). The Labute approximate surface area is 100 Å². The van der Waals surface area contributed by atoms with Gasteiger partial charge >= 0.3 is 0 Å². The average Bonchev–Trinajstić information content (AvgIpc) is 3.02. The van der Waals surface area contributed by atoms with Crippen LogP contribution in [0, 0.1) is 0 Å². The van der Waals surface area contributed by atoms with Crippen molar-refractivity contribution in [3.05, 3.63) is 42.1 Å². The maximum atomic E-state index is 9.83. The average molecular weight is 228 g/mol. The first-order chi connectivity index (χ1) is 8.22. The molecule has 1 aliphatic rings. The predicted molar refractivity (Wildman–Crippen MR) is 66.6 cm³/mol. The summed E-state index contributed by atoms with van der Waals surface area (Å²) in [6, 6.07) is 12.2. The van der Waals surface area contributed by atoms with Crippen LogP contribution in [-0.4, -0.2) is 21.4 Å². The zero-order valence-corrected chi connectivity index (χ0v) is 9.85. The molecule has 0 amide bonds. The smallest absolute Gasteiger partial charge is 0.0923 e. The maximum absolute atomic E-state index is 9.83. The third-order valence-corrected chi connectivity index (χ3v) is 3.77. The third kappa shape index (κ3) is 1.67. The fourth-order valence-corrected chi connectivity index (χ4v) is 2.38. The number of rotatable bonds is 3. The lowest BCUT2D eigenvalue weighted by atomic mass is 9.96. The Morgan fingerprint density at radius 1 is 1.29 bits per heavy atom. The highest BCUT2D eigenvalue weighted by Crippen LogP contribution is 2.50.